The van der Waals surface area contributed by atoms with Gasteiger partial charge in [-0.3, -0.25) is 0 Å². The van der Waals surface area contributed by atoms with Gasteiger partial charge in [0.1, 0.15) is 0 Å². The zero-order valence-corrected chi connectivity index (χ0v) is 35.0. The summed E-state index contributed by atoms with van der Waals surface area (Å²) in [6.45, 7) is 13.8. The van der Waals surface area contributed by atoms with E-state index in [-0.39, 0.29) is 0 Å². The average molecular weight is 761 g/mol. The molecule has 288 valence electrons. The Bertz CT molecular complexity index is 2960. The number of allylic oxidation sites excluding steroid dienone is 12. The van der Waals surface area contributed by atoms with Crippen molar-refractivity contribution < 1.29 is 0 Å². The molecule has 0 aromatic heterocycles. The van der Waals surface area contributed by atoms with Crippen LogP contribution in [0.2, 0.25) is 0 Å². The molecule has 0 saturated carbocycles. The van der Waals surface area contributed by atoms with Gasteiger partial charge in [0.25, 0.3) is 0 Å². The topological polar surface area (TPSA) is 0 Å². The zero-order chi connectivity index (χ0) is 41.1. The fourth-order valence-corrected chi connectivity index (χ4v) is 7.93. The molecule has 7 aromatic carbocycles. The molecule has 0 unspecified atom stereocenters. The number of hydrogen-bond acceptors (Lipinski definition) is 0. The summed E-state index contributed by atoms with van der Waals surface area (Å²) in [5.74, 6) is 0. The molecular weight excluding hydrogens is 709 g/mol. The number of fused-ring (bicyclic) bond motifs is 4. The number of rotatable bonds is 5. The van der Waals surface area contributed by atoms with Crippen LogP contribution in [0.25, 0.3) is 66.4 Å². The quantitative estimate of drug-likeness (QED) is 0.121. The highest BCUT2D eigenvalue weighted by atomic mass is 14.2. The van der Waals surface area contributed by atoms with E-state index in [1.54, 1.807) is 0 Å². The molecule has 7 aromatic rings. The Hall–Kier alpha value is -6.94. The molecule has 3 aliphatic rings. The van der Waals surface area contributed by atoms with Crippen LogP contribution in [0.3, 0.4) is 0 Å². The van der Waals surface area contributed by atoms with Gasteiger partial charge in [0.15, 0.2) is 0 Å². The van der Waals surface area contributed by atoms with E-state index >= 15 is 0 Å². The van der Waals surface area contributed by atoms with Gasteiger partial charge >= 0.3 is 0 Å². The second-order valence-corrected chi connectivity index (χ2v) is 14.8. The van der Waals surface area contributed by atoms with Gasteiger partial charge in [0, 0.05) is 5.22 Å². The SMILES string of the molecule is C1=C(c2cccc3ccccc23)CC(c2cccc3ccccc23)=C1.C1=C=c2cccc(C3=CC=C(c4cccc5ccccc45)C3)c2=CC=1.C=C(C)/C(C)=C/C.CC. The van der Waals surface area contributed by atoms with Gasteiger partial charge in [-0.15, -0.1) is 0 Å². The molecular formula is C59H52. The van der Waals surface area contributed by atoms with Crippen molar-refractivity contribution >= 4 is 66.4 Å². The highest BCUT2D eigenvalue weighted by molar-refractivity contribution is 6.02. The van der Waals surface area contributed by atoms with E-state index in [1.165, 1.54) is 87.7 Å². The van der Waals surface area contributed by atoms with Crippen LogP contribution in [0.15, 0.2) is 206 Å². The predicted molar refractivity (Wildman–Crippen MR) is 260 cm³/mol. The van der Waals surface area contributed by atoms with Crippen molar-refractivity contribution in [1.29, 1.82) is 0 Å². The fraction of sp³-hybridized carbons (Fsp3) is 0.119. The van der Waals surface area contributed by atoms with Crippen molar-refractivity contribution in [3.05, 3.63) is 238 Å². The largest absolute Gasteiger partial charge is 0.0959 e. The Morgan fingerprint density at radius 1 is 0.475 bits per heavy atom. The highest BCUT2D eigenvalue weighted by Gasteiger charge is 2.17. The van der Waals surface area contributed by atoms with E-state index in [0.29, 0.717) is 0 Å². The van der Waals surface area contributed by atoms with Gasteiger partial charge in [-0.25, -0.2) is 0 Å². The first-order valence-electron chi connectivity index (χ1n) is 20.8. The summed E-state index contributed by atoms with van der Waals surface area (Å²) in [6.07, 6.45) is 17.2. The molecule has 0 radical (unpaired) electrons. The van der Waals surface area contributed by atoms with Gasteiger partial charge in [-0.05, 0) is 134 Å². The predicted octanol–water partition coefficient (Wildman–Crippen LogP) is 15.0. The second kappa shape index (κ2) is 19.0. The summed E-state index contributed by atoms with van der Waals surface area (Å²) < 4.78 is 0. The fourth-order valence-electron chi connectivity index (χ4n) is 7.93. The summed E-state index contributed by atoms with van der Waals surface area (Å²) in [7, 11) is 0. The van der Waals surface area contributed by atoms with Crippen molar-refractivity contribution in [1.82, 2.24) is 0 Å². The first kappa shape index (κ1) is 40.3. The molecule has 0 bridgehead atoms. The smallest absolute Gasteiger partial charge is 0.0327 e. The lowest BCUT2D eigenvalue weighted by molar-refractivity contribution is 1.34. The van der Waals surface area contributed by atoms with Crippen LogP contribution in [-0.4, -0.2) is 0 Å². The lowest BCUT2D eigenvalue weighted by Gasteiger charge is -2.11. The van der Waals surface area contributed by atoms with Gasteiger partial charge in [-0.1, -0.05) is 213 Å². The molecule has 0 spiro atoms. The van der Waals surface area contributed by atoms with Crippen molar-refractivity contribution in [2.75, 3.05) is 0 Å². The van der Waals surface area contributed by atoms with E-state index in [4.69, 9.17) is 0 Å². The summed E-state index contributed by atoms with van der Waals surface area (Å²) >= 11 is 0. The third-order valence-corrected chi connectivity index (χ3v) is 11.2. The maximum Gasteiger partial charge on any atom is 0.0327 e. The van der Waals surface area contributed by atoms with E-state index in [2.05, 4.69) is 207 Å². The van der Waals surface area contributed by atoms with Gasteiger partial charge in [-0.2, -0.15) is 0 Å². The lowest BCUT2D eigenvalue weighted by atomic mass is 9.93. The summed E-state index contributed by atoms with van der Waals surface area (Å²) in [5, 5.41) is 10.3. The molecule has 3 aliphatic carbocycles. The molecule has 59 heavy (non-hydrogen) atoms. The van der Waals surface area contributed by atoms with E-state index in [1.807, 2.05) is 33.8 Å². The molecule has 0 heteroatoms. The molecule has 0 amide bonds. The molecule has 10 rings (SSSR count). The minimum absolute atomic E-state index is 0.964. The minimum atomic E-state index is 0.964. The average Bonchev–Trinajstić information content (AvgIpc) is 4.00. The van der Waals surface area contributed by atoms with Crippen LogP contribution in [0.5, 0.6) is 0 Å². The van der Waals surface area contributed by atoms with Crippen molar-refractivity contribution in [3.63, 3.8) is 0 Å². The van der Waals surface area contributed by atoms with Crippen LogP contribution in [0.4, 0.5) is 0 Å². The van der Waals surface area contributed by atoms with Crippen LogP contribution >= 0.6 is 0 Å². The van der Waals surface area contributed by atoms with Crippen LogP contribution < -0.4 is 10.4 Å². The standard InChI is InChI=1S/C25H18.C25H16.C7H12.C2H6/c2*1-3-11-22-18(7-1)9-5-13-24(22)20-15-16-21(17-20)25-14-6-10-19-8-2-4-12-23(19)25;1-5-7(4)6(2)3;1-2/h1-16H,17H2;1,3-7,9-16H,17H2;5H,2H2,1,3-4H3;1-2H3/b;;7-5+;. The van der Waals surface area contributed by atoms with Crippen LogP contribution in [0, 0.1) is 0 Å². The molecule has 0 heterocycles. The Balaban J connectivity index is 0.000000149. The lowest BCUT2D eigenvalue weighted by Crippen LogP contribution is -2.27. The van der Waals surface area contributed by atoms with E-state index in [0.717, 1.165) is 23.6 Å². The van der Waals surface area contributed by atoms with Crippen LogP contribution in [-0.2, 0) is 0 Å². The second-order valence-electron chi connectivity index (χ2n) is 14.8. The van der Waals surface area contributed by atoms with Crippen molar-refractivity contribution in [2.24, 2.45) is 0 Å². The van der Waals surface area contributed by atoms with E-state index < -0.39 is 0 Å². The number of benzene rings is 7. The first-order chi connectivity index (χ1) is 29.0. The summed E-state index contributed by atoms with van der Waals surface area (Å²) in [4.78, 5) is 0. The van der Waals surface area contributed by atoms with Crippen LogP contribution in [0.1, 0.15) is 69.7 Å². The molecule has 0 nitrogen and oxygen atoms in total. The Morgan fingerprint density at radius 3 is 1.25 bits per heavy atom. The minimum Gasteiger partial charge on any atom is -0.0959 e. The van der Waals surface area contributed by atoms with Gasteiger partial charge < -0.3 is 0 Å². The molecule has 0 N–H and O–H groups in total. The van der Waals surface area contributed by atoms with Gasteiger partial charge in [0.05, 0.1) is 0 Å². The summed E-state index contributed by atoms with van der Waals surface area (Å²) in [5.41, 5.74) is 19.6. The highest BCUT2D eigenvalue weighted by Crippen LogP contribution is 2.39. The normalized spacial score (nSPS) is 13.5. The molecule has 0 fully saturated rings. The van der Waals surface area contributed by atoms with Gasteiger partial charge in [0.2, 0.25) is 0 Å². The summed E-state index contributed by atoms with van der Waals surface area (Å²) in [6, 6.07) is 52.1. The molecule has 0 atom stereocenters. The van der Waals surface area contributed by atoms with Crippen molar-refractivity contribution in [2.45, 2.75) is 47.5 Å². The molecule has 0 saturated heterocycles. The zero-order valence-electron chi connectivity index (χ0n) is 35.0. The first-order valence-corrected chi connectivity index (χ1v) is 20.8. The molecule has 0 aliphatic heterocycles. The number of hydrogen-bond donors (Lipinski definition) is 0. The van der Waals surface area contributed by atoms with Crippen molar-refractivity contribution in [3.8, 4) is 0 Å². The Morgan fingerprint density at radius 2 is 0.847 bits per heavy atom. The van der Waals surface area contributed by atoms with E-state index in [9.17, 15) is 0 Å². The maximum atomic E-state index is 3.76. The Labute approximate surface area is 350 Å². The third kappa shape index (κ3) is 8.97. The monoisotopic (exact) mass is 760 g/mol. The Kier molecular flexibility index (Phi) is 13.0. The maximum absolute atomic E-state index is 3.76. The third-order valence-electron chi connectivity index (χ3n) is 11.2.